The third kappa shape index (κ3) is 2.94. The minimum Gasteiger partial charge on any atom is -0.375 e. The predicted molar refractivity (Wildman–Crippen MR) is 85.2 cm³/mol. The molecule has 0 saturated heterocycles. The molecule has 1 aliphatic rings. The zero-order chi connectivity index (χ0) is 12.5. The highest BCUT2D eigenvalue weighted by molar-refractivity contribution is 7.15. The van der Waals surface area contributed by atoms with Gasteiger partial charge in [0, 0.05) is 35.1 Å². The summed E-state index contributed by atoms with van der Waals surface area (Å²) in [5.74, 6) is 0. The topological polar surface area (TPSA) is 42.2 Å². The number of fused-ring (bicyclic) bond motifs is 1. The molecule has 2 aromatic rings. The fourth-order valence-electron chi connectivity index (χ4n) is 2.71. The Hall–Kier alpha value is -0.620. The Kier molecular flexibility index (Phi) is 4.84. The van der Waals surface area contributed by atoms with Crippen LogP contribution in [-0.4, -0.2) is 16.4 Å². The van der Waals surface area contributed by atoms with E-state index in [1.165, 1.54) is 16.9 Å². The minimum absolute atomic E-state index is 0. The van der Waals surface area contributed by atoms with E-state index in [0.29, 0.717) is 11.2 Å². The molecule has 3 nitrogen and oxygen atoms in total. The lowest BCUT2D eigenvalue weighted by Crippen LogP contribution is -2.33. The molecule has 0 saturated carbocycles. The number of nitrogen functional groups attached to an aromatic ring is 1. The summed E-state index contributed by atoms with van der Waals surface area (Å²) in [5.41, 5.74) is 7.24. The number of hydrogen-bond acceptors (Lipinski definition) is 5. The van der Waals surface area contributed by atoms with Crippen LogP contribution < -0.4 is 5.73 Å². The molecule has 1 aliphatic heterocycles. The maximum atomic E-state index is 5.70. The number of nitrogens with zero attached hydrogens (tertiary/aromatic N) is 2. The Bertz CT molecular complexity index is 537. The first-order valence-corrected chi connectivity index (χ1v) is 7.98. The molecule has 0 bridgehead atoms. The molecule has 1 unspecified atom stereocenters. The average molecular weight is 316 g/mol. The van der Waals surface area contributed by atoms with Gasteiger partial charge in [-0.15, -0.1) is 35.1 Å². The summed E-state index contributed by atoms with van der Waals surface area (Å²) in [4.78, 5) is 9.54. The van der Waals surface area contributed by atoms with Crippen LogP contribution in [0.5, 0.6) is 0 Å². The Balaban J connectivity index is 0.00000133. The highest BCUT2D eigenvalue weighted by Crippen LogP contribution is 2.36. The van der Waals surface area contributed by atoms with Crippen LogP contribution in [-0.2, 0) is 13.0 Å². The van der Waals surface area contributed by atoms with Gasteiger partial charge in [-0.1, -0.05) is 6.92 Å². The summed E-state index contributed by atoms with van der Waals surface area (Å²) < 4.78 is 0. The lowest BCUT2D eigenvalue weighted by atomic mass is 9.98. The fourth-order valence-corrected chi connectivity index (χ4v) is 4.35. The van der Waals surface area contributed by atoms with Gasteiger partial charge < -0.3 is 5.73 Å². The van der Waals surface area contributed by atoms with Crippen LogP contribution in [0.4, 0.5) is 5.13 Å². The standard InChI is InChI=1S/C13H17N3S2.ClH/c1-2-11-10-4-6-17-12(10)3-5-16(11)8-9-7-15-13(14)18-9;/h4,6-7,11H,2-3,5,8H2,1H3,(H2,14,15);1H. The van der Waals surface area contributed by atoms with E-state index >= 15 is 0 Å². The second kappa shape index (κ2) is 6.22. The number of anilines is 1. The van der Waals surface area contributed by atoms with Crippen molar-refractivity contribution in [2.24, 2.45) is 0 Å². The molecule has 0 aromatic carbocycles. The molecule has 6 heteroatoms. The van der Waals surface area contributed by atoms with E-state index in [9.17, 15) is 0 Å². The van der Waals surface area contributed by atoms with Gasteiger partial charge in [0.25, 0.3) is 0 Å². The fraction of sp³-hybridized carbons (Fsp3) is 0.462. The van der Waals surface area contributed by atoms with Crippen LogP contribution in [0.1, 0.15) is 34.7 Å². The van der Waals surface area contributed by atoms with E-state index in [2.05, 4.69) is 28.3 Å². The summed E-state index contributed by atoms with van der Waals surface area (Å²) in [6, 6.07) is 2.85. The van der Waals surface area contributed by atoms with Gasteiger partial charge in [0.1, 0.15) is 0 Å². The highest BCUT2D eigenvalue weighted by Gasteiger charge is 2.27. The minimum atomic E-state index is 0. The van der Waals surface area contributed by atoms with Gasteiger partial charge in [-0.2, -0.15) is 0 Å². The van der Waals surface area contributed by atoms with Crippen LogP contribution in [0.25, 0.3) is 0 Å². The van der Waals surface area contributed by atoms with E-state index in [-0.39, 0.29) is 12.4 Å². The average Bonchev–Trinajstić information content (AvgIpc) is 2.98. The normalized spacial score (nSPS) is 18.9. The number of hydrogen-bond donors (Lipinski definition) is 1. The van der Waals surface area contributed by atoms with Gasteiger partial charge >= 0.3 is 0 Å². The van der Waals surface area contributed by atoms with Crippen molar-refractivity contribution in [2.75, 3.05) is 12.3 Å². The summed E-state index contributed by atoms with van der Waals surface area (Å²) >= 11 is 3.51. The number of thiazole rings is 1. The molecule has 0 spiro atoms. The second-order valence-corrected chi connectivity index (χ2v) is 6.76. The van der Waals surface area contributed by atoms with Gasteiger partial charge in [0.2, 0.25) is 0 Å². The summed E-state index contributed by atoms with van der Waals surface area (Å²) in [6.45, 7) is 4.39. The molecule has 0 radical (unpaired) electrons. The van der Waals surface area contributed by atoms with Crippen molar-refractivity contribution in [3.05, 3.63) is 33.0 Å². The highest BCUT2D eigenvalue weighted by atomic mass is 35.5. The predicted octanol–water partition coefficient (Wildman–Crippen LogP) is 3.72. The Morgan fingerprint density at radius 3 is 3.05 bits per heavy atom. The van der Waals surface area contributed by atoms with Crippen LogP contribution in [0.3, 0.4) is 0 Å². The Morgan fingerprint density at radius 1 is 1.53 bits per heavy atom. The van der Waals surface area contributed by atoms with Crippen molar-refractivity contribution >= 4 is 40.2 Å². The quantitative estimate of drug-likeness (QED) is 0.938. The number of aromatic nitrogens is 1. The summed E-state index contributed by atoms with van der Waals surface area (Å²) in [5, 5.41) is 2.90. The molecule has 3 rings (SSSR count). The number of thiophene rings is 1. The molecular weight excluding hydrogens is 298 g/mol. The van der Waals surface area contributed by atoms with Crippen molar-refractivity contribution in [1.82, 2.24) is 9.88 Å². The Labute approximate surface area is 127 Å². The monoisotopic (exact) mass is 315 g/mol. The first-order valence-electron chi connectivity index (χ1n) is 6.28. The molecule has 0 aliphatic carbocycles. The molecular formula is C13H18ClN3S2. The molecule has 3 heterocycles. The van der Waals surface area contributed by atoms with E-state index in [1.54, 1.807) is 16.2 Å². The first-order chi connectivity index (χ1) is 8.78. The SMILES string of the molecule is CCC1c2ccsc2CCN1Cc1cnc(N)s1.Cl. The van der Waals surface area contributed by atoms with Gasteiger partial charge in [-0.05, 0) is 29.9 Å². The van der Waals surface area contributed by atoms with Crippen molar-refractivity contribution in [3.8, 4) is 0 Å². The molecule has 0 amide bonds. The smallest absolute Gasteiger partial charge is 0.180 e. The van der Waals surface area contributed by atoms with Gasteiger partial charge in [-0.25, -0.2) is 4.98 Å². The summed E-state index contributed by atoms with van der Waals surface area (Å²) in [7, 11) is 0. The number of nitrogens with two attached hydrogens (primary N) is 1. The first kappa shape index (κ1) is 14.8. The molecule has 1 atom stereocenters. The zero-order valence-corrected chi connectivity index (χ0v) is 13.3. The number of halogens is 1. The molecule has 19 heavy (non-hydrogen) atoms. The van der Waals surface area contributed by atoms with Gasteiger partial charge in [0.05, 0.1) is 0 Å². The maximum absolute atomic E-state index is 5.70. The zero-order valence-electron chi connectivity index (χ0n) is 10.8. The van der Waals surface area contributed by atoms with Crippen molar-refractivity contribution in [3.63, 3.8) is 0 Å². The number of rotatable bonds is 3. The molecule has 0 fully saturated rings. The summed E-state index contributed by atoms with van der Waals surface area (Å²) in [6.07, 6.45) is 4.26. The van der Waals surface area contributed by atoms with Gasteiger partial charge in [-0.3, -0.25) is 4.90 Å². The largest absolute Gasteiger partial charge is 0.375 e. The van der Waals surface area contributed by atoms with E-state index in [0.717, 1.165) is 19.5 Å². The molecule has 2 N–H and O–H groups in total. The van der Waals surface area contributed by atoms with Gasteiger partial charge in [0.15, 0.2) is 5.13 Å². The van der Waals surface area contributed by atoms with Crippen molar-refractivity contribution in [2.45, 2.75) is 32.4 Å². The van der Waals surface area contributed by atoms with Crippen molar-refractivity contribution in [1.29, 1.82) is 0 Å². The third-order valence-electron chi connectivity index (χ3n) is 3.52. The third-order valence-corrected chi connectivity index (χ3v) is 5.33. The lowest BCUT2D eigenvalue weighted by molar-refractivity contribution is 0.174. The van der Waals surface area contributed by atoms with E-state index in [1.807, 2.05) is 17.5 Å². The van der Waals surface area contributed by atoms with Crippen LogP contribution in [0.2, 0.25) is 0 Å². The molecule has 2 aromatic heterocycles. The van der Waals surface area contributed by atoms with Crippen LogP contribution in [0, 0.1) is 0 Å². The maximum Gasteiger partial charge on any atom is 0.180 e. The molecule has 104 valence electrons. The Morgan fingerprint density at radius 2 is 2.37 bits per heavy atom. The second-order valence-electron chi connectivity index (χ2n) is 4.61. The lowest BCUT2D eigenvalue weighted by Gasteiger charge is -2.35. The van der Waals surface area contributed by atoms with E-state index in [4.69, 9.17) is 5.73 Å². The van der Waals surface area contributed by atoms with Crippen molar-refractivity contribution < 1.29 is 0 Å². The van der Waals surface area contributed by atoms with E-state index < -0.39 is 0 Å². The van der Waals surface area contributed by atoms with Crippen LogP contribution >= 0.6 is 35.1 Å². The van der Waals surface area contributed by atoms with Crippen LogP contribution in [0.15, 0.2) is 17.6 Å².